The first kappa shape index (κ1) is 21.2. The first-order valence-electron chi connectivity index (χ1n) is 10.3. The van der Waals surface area contributed by atoms with Crippen molar-refractivity contribution in [3.8, 4) is 0 Å². The minimum atomic E-state index is -3.60. The average molecular weight is 441 g/mol. The Morgan fingerprint density at radius 2 is 1.77 bits per heavy atom. The highest BCUT2D eigenvalue weighted by Gasteiger charge is 2.28. The molecule has 2 heterocycles. The summed E-state index contributed by atoms with van der Waals surface area (Å²) >= 11 is 1.65. The van der Waals surface area contributed by atoms with Gasteiger partial charge < -0.3 is 0 Å². The molecule has 3 aromatic rings. The first-order valence-corrected chi connectivity index (χ1v) is 12.7. The van der Waals surface area contributed by atoms with Crippen molar-refractivity contribution in [1.29, 1.82) is 0 Å². The van der Waals surface area contributed by atoms with Crippen LogP contribution in [-0.2, 0) is 23.0 Å². The highest BCUT2D eigenvalue weighted by atomic mass is 32.2. The molecule has 1 N–H and O–H groups in total. The lowest BCUT2D eigenvalue weighted by Crippen LogP contribution is -2.40. The van der Waals surface area contributed by atoms with Crippen LogP contribution in [0.25, 0.3) is 0 Å². The van der Waals surface area contributed by atoms with Crippen molar-refractivity contribution in [1.82, 2.24) is 9.62 Å². The molecular formula is C24H28N2O2S2. The normalized spacial score (nSPS) is 15.7. The third-order valence-electron chi connectivity index (χ3n) is 5.87. The fourth-order valence-corrected chi connectivity index (χ4v) is 6.75. The highest BCUT2D eigenvalue weighted by Crippen LogP contribution is 2.29. The topological polar surface area (TPSA) is 49.4 Å². The Morgan fingerprint density at radius 1 is 1.07 bits per heavy atom. The molecular weight excluding hydrogens is 412 g/mol. The molecule has 158 valence electrons. The van der Waals surface area contributed by atoms with Gasteiger partial charge in [-0.1, -0.05) is 42.0 Å². The second kappa shape index (κ2) is 8.63. The molecule has 0 saturated heterocycles. The van der Waals surface area contributed by atoms with Gasteiger partial charge in [0, 0.05) is 25.7 Å². The van der Waals surface area contributed by atoms with Crippen LogP contribution in [0, 0.1) is 20.8 Å². The zero-order valence-corrected chi connectivity index (χ0v) is 19.3. The second-order valence-electron chi connectivity index (χ2n) is 8.14. The van der Waals surface area contributed by atoms with Gasteiger partial charge in [-0.15, -0.1) is 0 Å². The molecule has 6 heteroatoms. The van der Waals surface area contributed by atoms with E-state index in [2.05, 4.69) is 50.7 Å². The van der Waals surface area contributed by atoms with Crippen molar-refractivity contribution in [3.63, 3.8) is 0 Å². The maximum atomic E-state index is 13.2. The van der Waals surface area contributed by atoms with E-state index in [-0.39, 0.29) is 6.04 Å². The SMILES string of the molecule is Cc1cc(C)c(S(=O)(=O)NC[C@H](c2ccsc2)N2CCc3ccccc3C2)c(C)c1. The van der Waals surface area contributed by atoms with E-state index < -0.39 is 10.0 Å². The number of aryl methyl sites for hydroxylation is 3. The zero-order valence-electron chi connectivity index (χ0n) is 17.7. The third kappa shape index (κ3) is 4.37. The number of sulfonamides is 1. The molecule has 2 aromatic carbocycles. The van der Waals surface area contributed by atoms with Crippen molar-refractivity contribution in [3.05, 3.63) is 86.6 Å². The van der Waals surface area contributed by atoms with Crippen LogP contribution < -0.4 is 4.72 Å². The number of thiophene rings is 1. The standard InChI is InChI=1S/C24H28N2O2S2/c1-17-12-18(2)24(19(3)13-17)30(27,28)25-14-23(22-9-11-29-16-22)26-10-8-20-6-4-5-7-21(20)15-26/h4-7,9,11-13,16,23,25H,8,10,14-15H2,1-3H3/t23-/m1/s1. The van der Waals surface area contributed by atoms with Gasteiger partial charge in [0.1, 0.15) is 0 Å². The molecule has 0 spiro atoms. The molecule has 0 saturated carbocycles. The van der Waals surface area contributed by atoms with Gasteiger partial charge in [0.05, 0.1) is 4.90 Å². The molecule has 4 nitrogen and oxygen atoms in total. The van der Waals surface area contributed by atoms with Crippen LogP contribution in [0.4, 0.5) is 0 Å². The molecule has 0 amide bonds. The van der Waals surface area contributed by atoms with Crippen LogP contribution in [0.15, 0.2) is 58.1 Å². The molecule has 0 bridgehead atoms. The minimum absolute atomic E-state index is 0.00504. The van der Waals surface area contributed by atoms with Crippen molar-refractivity contribution < 1.29 is 8.42 Å². The van der Waals surface area contributed by atoms with Crippen LogP contribution >= 0.6 is 11.3 Å². The number of nitrogens with zero attached hydrogens (tertiary/aromatic N) is 1. The van der Waals surface area contributed by atoms with Crippen molar-refractivity contribution in [2.45, 2.75) is 44.7 Å². The van der Waals surface area contributed by atoms with E-state index in [1.807, 2.05) is 32.9 Å². The number of benzene rings is 2. The molecule has 4 rings (SSSR count). The Balaban J connectivity index is 1.59. The van der Waals surface area contributed by atoms with E-state index in [1.54, 1.807) is 11.3 Å². The summed E-state index contributed by atoms with van der Waals surface area (Å²) in [6.07, 6.45) is 0.986. The predicted octanol–water partition coefficient (Wildman–Crippen LogP) is 4.75. The average Bonchev–Trinajstić information content (AvgIpc) is 3.21. The summed E-state index contributed by atoms with van der Waals surface area (Å²) in [4.78, 5) is 2.79. The van der Waals surface area contributed by atoms with Gasteiger partial charge in [0.2, 0.25) is 10.0 Å². The Hall–Kier alpha value is -1.99. The molecule has 0 radical (unpaired) electrons. The molecule has 1 aliphatic heterocycles. The Bertz CT molecular complexity index is 1110. The van der Waals surface area contributed by atoms with E-state index in [4.69, 9.17) is 0 Å². The summed E-state index contributed by atoms with van der Waals surface area (Å²) in [5, 5.41) is 4.19. The molecule has 0 unspecified atom stereocenters. The Morgan fingerprint density at radius 3 is 2.43 bits per heavy atom. The van der Waals surface area contributed by atoms with Crippen LogP contribution in [0.1, 0.15) is 39.4 Å². The van der Waals surface area contributed by atoms with E-state index in [0.717, 1.165) is 36.2 Å². The third-order valence-corrected chi connectivity index (χ3v) is 8.30. The van der Waals surface area contributed by atoms with Gasteiger partial charge in [-0.05, 0) is 71.8 Å². The van der Waals surface area contributed by atoms with E-state index in [1.165, 1.54) is 16.7 Å². The molecule has 1 aliphatic rings. The lowest BCUT2D eigenvalue weighted by atomic mass is 9.97. The first-order chi connectivity index (χ1) is 14.3. The van der Waals surface area contributed by atoms with Crippen molar-refractivity contribution in [2.24, 2.45) is 0 Å². The number of hydrogen-bond donors (Lipinski definition) is 1. The van der Waals surface area contributed by atoms with Gasteiger partial charge in [0.25, 0.3) is 0 Å². The number of fused-ring (bicyclic) bond motifs is 1. The van der Waals surface area contributed by atoms with Gasteiger partial charge in [0.15, 0.2) is 0 Å². The summed E-state index contributed by atoms with van der Waals surface area (Å²) in [5.74, 6) is 0. The second-order valence-corrected chi connectivity index (χ2v) is 10.6. The largest absolute Gasteiger partial charge is 0.290 e. The van der Waals surface area contributed by atoms with Crippen LogP contribution in [0.5, 0.6) is 0 Å². The monoisotopic (exact) mass is 440 g/mol. The summed E-state index contributed by atoms with van der Waals surface area (Å²) in [5.41, 5.74) is 6.55. The van der Waals surface area contributed by atoms with Gasteiger partial charge in [-0.2, -0.15) is 11.3 Å². The predicted molar refractivity (Wildman–Crippen MR) is 123 cm³/mol. The highest BCUT2D eigenvalue weighted by molar-refractivity contribution is 7.89. The number of hydrogen-bond acceptors (Lipinski definition) is 4. The summed E-state index contributed by atoms with van der Waals surface area (Å²) in [7, 11) is -3.60. The number of rotatable bonds is 6. The van der Waals surface area contributed by atoms with E-state index in [9.17, 15) is 8.42 Å². The summed E-state index contributed by atoms with van der Waals surface area (Å²) < 4.78 is 29.3. The lowest BCUT2D eigenvalue weighted by Gasteiger charge is -2.35. The van der Waals surface area contributed by atoms with Gasteiger partial charge >= 0.3 is 0 Å². The lowest BCUT2D eigenvalue weighted by molar-refractivity contribution is 0.180. The van der Waals surface area contributed by atoms with Crippen molar-refractivity contribution in [2.75, 3.05) is 13.1 Å². The molecule has 0 fully saturated rings. The maximum Gasteiger partial charge on any atom is 0.241 e. The van der Waals surface area contributed by atoms with Crippen LogP contribution in [0.3, 0.4) is 0 Å². The van der Waals surface area contributed by atoms with Crippen LogP contribution in [0.2, 0.25) is 0 Å². The maximum absolute atomic E-state index is 13.2. The summed E-state index contributed by atoms with van der Waals surface area (Å²) in [6, 6.07) is 14.5. The fourth-order valence-electron chi connectivity index (χ4n) is 4.56. The van der Waals surface area contributed by atoms with Crippen LogP contribution in [-0.4, -0.2) is 26.4 Å². The minimum Gasteiger partial charge on any atom is -0.290 e. The molecule has 1 aromatic heterocycles. The molecule has 1 atom stereocenters. The fraction of sp³-hybridized carbons (Fsp3) is 0.333. The Kier molecular flexibility index (Phi) is 6.11. The van der Waals surface area contributed by atoms with E-state index >= 15 is 0 Å². The summed E-state index contributed by atoms with van der Waals surface area (Å²) in [6.45, 7) is 7.83. The van der Waals surface area contributed by atoms with Gasteiger partial charge in [-0.25, -0.2) is 13.1 Å². The quantitative estimate of drug-likeness (QED) is 0.602. The molecule has 30 heavy (non-hydrogen) atoms. The zero-order chi connectivity index (χ0) is 21.3. The number of nitrogens with one attached hydrogen (secondary N) is 1. The van der Waals surface area contributed by atoms with E-state index in [0.29, 0.717) is 11.4 Å². The Labute approximate surface area is 183 Å². The smallest absolute Gasteiger partial charge is 0.241 e. The molecule has 0 aliphatic carbocycles. The van der Waals surface area contributed by atoms with Gasteiger partial charge in [-0.3, -0.25) is 4.90 Å². The van der Waals surface area contributed by atoms with Crippen molar-refractivity contribution >= 4 is 21.4 Å².